The molecule has 0 saturated heterocycles. The summed E-state index contributed by atoms with van der Waals surface area (Å²) in [5, 5.41) is 3.46. The number of nitrogens with one attached hydrogen (secondary N) is 2. The number of halogens is 1. The molecular formula is C23H22BrN3O. The molecule has 4 nitrogen and oxygen atoms in total. The first-order valence-electron chi connectivity index (χ1n) is 9.29. The van der Waals surface area contributed by atoms with E-state index >= 15 is 0 Å². The second kappa shape index (κ2) is 8.59. The number of hydrogen-bond donors (Lipinski definition) is 2. The summed E-state index contributed by atoms with van der Waals surface area (Å²) in [6.45, 7) is 4.03. The van der Waals surface area contributed by atoms with Crippen LogP contribution in [-0.4, -0.2) is 9.97 Å². The Hall–Kier alpha value is -2.63. The molecule has 0 saturated carbocycles. The van der Waals surface area contributed by atoms with Crippen molar-refractivity contribution in [2.24, 2.45) is 0 Å². The summed E-state index contributed by atoms with van der Waals surface area (Å²) in [5.41, 5.74) is 5.60. The van der Waals surface area contributed by atoms with Gasteiger partial charge in [-0.05, 0) is 48.4 Å². The highest BCUT2D eigenvalue weighted by molar-refractivity contribution is 9.10. The number of benzene rings is 3. The number of fused-ring (bicyclic) bond motifs is 1. The van der Waals surface area contributed by atoms with Crippen molar-refractivity contribution in [1.29, 1.82) is 0 Å². The van der Waals surface area contributed by atoms with Crippen LogP contribution in [0.2, 0.25) is 0 Å². The minimum absolute atomic E-state index is 0.560. The van der Waals surface area contributed by atoms with Crippen LogP contribution in [-0.2, 0) is 19.7 Å². The van der Waals surface area contributed by atoms with Crippen molar-refractivity contribution in [3.8, 4) is 5.75 Å². The lowest BCUT2D eigenvalue weighted by atomic mass is 10.1. The zero-order valence-electron chi connectivity index (χ0n) is 15.7. The van der Waals surface area contributed by atoms with Gasteiger partial charge < -0.3 is 15.0 Å². The molecule has 0 radical (unpaired) electrons. The van der Waals surface area contributed by atoms with E-state index in [4.69, 9.17) is 4.74 Å². The van der Waals surface area contributed by atoms with E-state index in [1.807, 2.05) is 48.5 Å². The van der Waals surface area contributed by atoms with Crippen molar-refractivity contribution >= 4 is 27.0 Å². The number of ether oxygens (including phenoxy) is 1. The van der Waals surface area contributed by atoms with Crippen molar-refractivity contribution in [1.82, 2.24) is 15.3 Å². The van der Waals surface area contributed by atoms with Crippen LogP contribution in [0.3, 0.4) is 0 Å². The fourth-order valence-electron chi connectivity index (χ4n) is 3.16. The van der Waals surface area contributed by atoms with Crippen LogP contribution in [0, 0.1) is 6.92 Å². The minimum atomic E-state index is 0.560. The lowest BCUT2D eigenvalue weighted by Gasteiger charge is -2.14. The average molecular weight is 436 g/mol. The van der Waals surface area contributed by atoms with Gasteiger partial charge in [-0.2, -0.15) is 0 Å². The second-order valence-corrected chi connectivity index (χ2v) is 7.69. The molecule has 0 atom stereocenters. The number of aromatic amines is 1. The van der Waals surface area contributed by atoms with Crippen LogP contribution in [0.1, 0.15) is 22.5 Å². The Morgan fingerprint density at radius 1 is 0.964 bits per heavy atom. The normalized spacial score (nSPS) is 11.1. The number of para-hydroxylation sites is 2. The molecular weight excluding hydrogens is 414 g/mol. The van der Waals surface area contributed by atoms with Gasteiger partial charge in [0, 0.05) is 16.6 Å². The Kier molecular flexibility index (Phi) is 5.74. The summed E-state index contributed by atoms with van der Waals surface area (Å²) in [6.07, 6.45) is 0. The number of hydrogen-bond acceptors (Lipinski definition) is 3. The first-order chi connectivity index (χ1) is 13.7. The molecule has 4 aromatic rings. The molecule has 0 fully saturated rings. The van der Waals surface area contributed by atoms with E-state index in [-0.39, 0.29) is 0 Å². The van der Waals surface area contributed by atoms with Crippen molar-refractivity contribution < 1.29 is 4.74 Å². The van der Waals surface area contributed by atoms with Crippen LogP contribution >= 0.6 is 15.9 Å². The van der Waals surface area contributed by atoms with Crippen molar-refractivity contribution in [3.63, 3.8) is 0 Å². The van der Waals surface area contributed by atoms with Gasteiger partial charge in [-0.3, -0.25) is 0 Å². The third kappa shape index (κ3) is 4.43. The van der Waals surface area contributed by atoms with Crippen molar-refractivity contribution in [2.75, 3.05) is 0 Å². The molecule has 0 aliphatic heterocycles. The maximum Gasteiger partial charge on any atom is 0.124 e. The number of nitrogens with zero attached hydrogens (tertiary/aromatic N) is 1. The van der Waals surface area contributed by atoms with Gasteiger partial charge in [0.1, 0.15) is 18.2 Å². The summed E-state index contributed by atoms with van der Waals surface area (Å²) < 4.78 is 7.16. The molecule has 28 heavy (non-hydrogen) atoms. The van der Waals surface area contributed by atoms with Crippen LogP contribution in [0.4, 0.5) is 0 Å². The predicted octanol–water partition coefficient (Wildman–Crippen LogP) is 5.50. The van der Waals surface area contributed by atoms with Gasteiger partial charge in [0.2, 0.25) is 0 Å². The van der Waals surface area contributed by atoms with Crippen LogP contribution in [0.15, 0.2) is 71.2 Å². The lowest BCUT2D eigenvalue weighted by molar-refractivity contribution is 0.301. The van der Waals surface area contributed by atoms with Gasteiger partial charge >= 0.3 is 0 Å². The van der Waals surface area contributed by atoms with E-state index in [2.05, 4.69) is 56.3 Å². The molecule has 0 amide bonds. The summed E-state index contributed by atoms with van der Waals surface area (Å²) in [5.74, 6) is 1.82. The summed E-state index contributed by atoms with van der Waals surface area (Å²) in [4.78, 5) is 7.96. The number of H-pyrrole nitrogens is 1. The molecule has 2 N–H and O–H groups in total. The summed E-state index contributed by atoms with van der Waals surface area (Å²) >= 11 is 3.56. The van der Waals surface area contributed by atoms with Crippen molar-refractivity contribution in [3.05, 3.63) is 93.7 Å². The molecule has 0 bridgehead atoms. The highest BCUT2D eigenvalue weighted by Crippen LogP contribution is 2.24. The van der Waals surface area contributed by atoms with Gasteiger partial charge in [-0.15, -0.1) is 0 Å². The van der Waals surface area contributed by atoms with Crippen LogP contribution in [0.25, 0.3) is 11.0 Å². The first-order valence-corrected chi connectivity index (χ1v) is 10.1. The highest BCUT2D eigenvalue weighted by Gasteiger charge is 2.07. The number of aryl methyl sites for hydroxylation is 1. The van der Waals surface area contributed by atoms with Gasteiger partial charge in [0.05, 0.1) is 17.6 Å². The van der Waals surface area contributed by atoms with E-state index in [1.54, 1.807) is 0 Å². The van der Waals surface area contributed by atoms with Gasteiger partial charge in [0.25, 0.3) is 0 Å². The molecule has 142 valence electrons. The van der Waals surface area contributed by atoms with E-state index in [0.717, 1.165) is 32.6 Å². The second-order valence-electron chi connectivity index (χ2n) is 6.77. The van der Waals surface area contributed by atoms with Gasteiger partial charge in [0.15, 0.2) is 0 Å². The predicted molar refractivity (Wildman–Crippen MR) is 116 cm³/mol. The number of imidazole rings is 1. The van der Waals surface area contributed by atoms with Crippen LogP contribution in [0.5, 0.6) is 5.75 Å². The van der Waals surface area contributed by atoms with Gasteiger partial charge in [-0.1, -0.05) is 52.3 Å². The fraction of sp³-hybridized carbons (Fsp3) is 0.174. The SMILES string of the molecule is Cc1ccccc1COc1ccc(Br)cc1CNCc1nc2ccccc2[nH]1. The standard InChI is InChI=1S/C23H22BrN3O/c1-16-6-2-3-7-17(16)15-28-22-11-10-19(24)12-18(22)13-25-14-23-26-20-8-4-5-9-21(20)27-23/h2-12,25H,13-15H2,1H3,(H,26,27). The Morgan fingerprint density at radius 2 is 1.79 bits per heavy atom. The molecule has 1 aromatic heterocycles. The molecule has 0 spiro atoms. The Morgan fingerprint density at radius 3 is 2.64 bits per heavy atom. The van der Waals surface area contributed by atoms with E-state index in [0.29, 0.717) is 19.7 Å². The third-order valence-corrected chi connectivity index (χ3v) is 5.21. The van der Waals surface area contributed by atoms with E-state index in [9.17, 15) is 0 Å². The molecule has 5 heteroatoms. The fourth-order valence-corrected chi connectivity index (χ4v) is 3.57. The molecule has 1 heterocycles. The topological polar surface area (TPSA) is 49.9 Å². The van der Waals surface area contributed by atoms with Gasteiger partial charge in [-0.25, -0.2) is 4.98 Å². The summed E-state index contributed by atoms with van der Waals surface area (Å²) in [6, 6.07) is 22.5. The molecule has 0 aliphatic carbocycles. The zero-order valence-corrected chi connectivity index (χ0v) is 17.3. The molecule has 0 unspecified atom stereocenters. The summed E-state index contributed by atoms with van der Waals surface area (Å²) in [7, 11) is 0. The first kappa shape index (κ1) is 18.7. The Labute approximate surface area is 173 Å². The maximum absolute atomic E-state index is 6.13. The largest absolute Gasteiger partial charge is 0.489 e. The maximum atomic E-state index is 6.13. The lowest BCUT2D eigenvalue weighted by Crippen LogP contribution is -2.14. The minimum Gasteiger partial charge on any atom is -0.489 e. The highest BCUT2D eigenvalue weighted by atomic mass is 79.9. The number of aromatic nitrogens is 2. The molecule has 3 aromatic carbocycles. The Bertz CT molecular complexity index is 1060. The van der Waals surface area contributed by atoms with Crippen LogP contribution < -0.4 is 10.1 Å². The molecule has 4 rings (SSSR count). The third-order valence-electron chi connectivity index (χ3n) is 4.71. The quantitative estimate of drug-likeness (QED) is 0.402. The Balaban J connectivity index is 1.42. The average Bonchev–Trinajstić information content (AvgIpc) is 3.11. The van der Waals surface area contributed by atoms with E-state index in [1.165, 1.54) is 11.1 Å². The zero-order chi connectivity index (χ0) is 19.3. The van der Waals surface area contributed by atoms with E-state index < -0.39 is 0 Å². The smallest absolute Gasteiger partial charge is 0.124 e. The molecule has 0 aliphatic rings. The van der Waals surface area contributed by atoms with Crippen molar-refractivity contribution in [2.45, 2.75) is 26.6 Å². The monoisotopic (exact) mass is 435 g/mol. The number of rotatable bonds is 7.